The van der Waals surface area contributed by atoms with Gasteiger partial charge in [0.1, 0.15) is 11.5 Å². The molecule has 144 valence electrons. The number of aromatic nitrogens is 4. The Bertz CT molecular complexity index is 950. The van der Waals surface area contributed by atoms with Crippen molar-refractivity contribution in [1.82, 2.24) is 30.0 Å². The Balaban J connectivity index is 1.49. The molecule has 1 fully saturated rings. The highest BCUT2D eigenvalue weighted by Crippen LogP contribution is 2.23. The molecule has 0 N–H and O–H groups in total. The van der Waals surface area contributed by atoms with Crippen LogP contribution in [0, 0.1) is 0 Å². The van der Waals surface area contributed by atoms with E-state index in [1.807, 2.05) is 35.2 Å². The molecule has 0 spiro atoms. The largest absolute Gasteiger partial charge is 0.415 e. The van der Waals surface area contributed by atoms with Crippen LogP contribution < -0.4 is 4.90 Å². The molecule has 1 aliphatic heterocycles. The van der Waals surface area contributed by atoms with E-state index in [1.165, 1.54) is 0 Å². The van der Waals surface area contributed by atoms with Crippen molar-refractivity contribution in [2.45, 2.75) is 0 Å². The van der Waals surface area contributed by atoms with E-state index in [9.17, 15) is 4.79 Å². The Labute approximate surface area is 162 Å². The maximum atomic E-state index is 12.1. The van der Waals surface area contributed by atoms with E-state index >= 15 is 0 Å². The Morgan fingerprint density at radius 1 is 1.00 bits per heavy atom. The molecule has 0 unspecified atom stereocenters. The lowest BCUT2D eigenvalue weighted by Gasteiger charge is -2.36. The highest BCUT2D eigenvalue weighted by molar-refractivity contribution is 5.74. The van der Waals surface area contributed by atoms with Crippen molar-refractivity contribution in [3.63, 3.8) is 0 Å². The number of urea groups is 1. The van der Waals surface area contributed by atoms with Gasteiger partial charge >= 0.3 is 6.03 Å². The Kier molecular flexibility index (Phi) is 4.88. The molecule has 0 saturated carbocycles. The summed E-state index contributed by atoms with van der Waals surface area (Å²) in [6.45, 7) is 2.66. The minimum atomic E-state index is 0.0267. The molecule has 0 radical (unpaired) electrons. The molecule has 1 saturated heterocycles. The third-order valence-corrected chi connectivity index (χ3v) is 4.54. The zero-order valence-corrected chi connectivity index (χ0v) is 15.8. The third kappa shape index (κ3) is 3.64. The van der Waals surface area contributed by atoms with E-state index in [4.69, 9.17) is 4.42 Å². The number of carbonyl (C=O) groups excluding carboxylic acids is 1. The van der Waals surface area contributed by atoms with Gasteiger partial charge in [-0.25, -0.2) is 9.78 Å². The summed E-state index contributed by atoms with van der Waals surface area (Å²) in [5.41, 5.74) is 1.38. The standard InChI is InChI=1S/C19H21N7O2/c1-24(2)19(27)26-10-8-25(9-11-26)16-13-20-12-15(21-16)18-23-22-17(28-18)14-6-4-3-5-7-14/h3-7,12-13H,8-11H2,1-2H3. The first-order valence-corrected chi connectivity index (χ1v) is 9.04. The van der Waals surface area contributed by atoms with Gasteiger partial charge < -0.3 is 19.1 Å². The fourth-order valence-electron chi connectivity index (χ4n) is 3.04. The summed E-state index contributed by atoms with van der Waals surface area (Å²) < 4.78 is 5.77. The molecule has 1 aliphatic rings. The molecule has 9 nitrogen and oxygen atoms in total. The van der Waals surface area contributed by atoms with Crippen LogP contribution in [0.5, 0.6) is 0 Å². The lowest BCUT2D eigenvalue weighted by atomic mass is 10.2. The molecule has 2 aromatic heterocycles. The lowest BCUT2D eigenvalue weighted by molar-refractivity contribution is 0.168. The predicted octanol–water partition coefficient (Wildman–Crippen LogP) is 2.00. The fourth-order valence-corrected chi connectivity index (χ4v) is 3.04. The van der Waals surface area contributed by atoms with Gasteiger partial charge in [-0.1, -0.05) is 18.2 Å². The number of piperazine rings is 1. The summed E-state index contributed by atoms with van der Waals surface area (Å²) in [5.74, 6) is 1.50. The SMILES string of the molecule is CN(C)C(=O)N1CCN(c2cncc(-c3nnc(-c4ccccc4)o3)n2)CC1. The molecule has 3 heterocycles. The van der Waals surface area contributed by atoms with Crippen LogP contribution in [0.3, 0.4) is 0 Å². The van der Waals surface area contributed by atoms with Gasteiger partial charge in [0.2, 0.25) is 5.89 Å². The topological polar surface area (TPSA) is 91.5 Å². The molecule has 1 aromatic carbocycles. The van der Waals surface area contributed by atoms with Crippen LogP contribution in [0.4, 0.5) is 10.6 Å². The summed E-state index contributed by atoms with van der Waals surface area (Å²) >= 11 is 0. The molecule has 28 heavy (non-hydrogen) atoms. The van der Waals surface area contributed by atoms with Gasteiger partial charge in [-0.05, 0) is 12.1 Å². The first-order valence-electron chi connectivity index (χ1n) is 9.04. The molecule has 0 aliphatic carbocycles. The number of nitrogens with zero attached hydrogens (tertiary/aromatic N) is 7. The zero-order valence-electron chi connectivity index (χ0n) is 15.8. The molecular formula is C19H21N7O2. The van der Waals surface area contributed by atoms with Crippen LogP contribution >= 0.6 is 0 Å². The minimum absolute atomic E-state index is 0.0267. The van der Waals surface area contributed by atoms with E-state index in [2.05, 4.69) is 25.1 Å². The molecule has 2 amide bonds. The second-order valence-electron chi connectivity index (χ2n) is 6.69. The number of hydrogen-bond donors (Lipinski definition) is 0. The quantitative estimate of drug-likeness (QED) is 0.687. The van der Waals surface area contributed by atoms with Gasteiger partial charge in [0.25, 0.3) is 5.89 Å². The second-order valence-corrected chi connectivity index (χ2v) is 6.69. The van der Waals surface area contributed by atoms with Gasteiger partial charge in [0.05, 0.1) is 12.4 Å². The fraction of sp³-hybridized carbons (Fsp3) is 0.316. The summed E-state index contributed by atoms with van der Waals surface area (Å²) in [7, 11) is 3.52. The Hall–Kier alpha value is -3.49. The van der Waals surface area contributed by atoms with E-state index in [1.54, 1.807) is 31.4 Å². The van der Waals surface area contributed by atoms with E-state index in [-0.39, 0.29) is 6.03 Å². The second kappa shape index (κ2) is 7.63. The number of rotatable bonds is 3. The van der Waals surface area contributed by atoms with Crippen molar-refractivity contribution < 1.29 is 9.21 Å². The maximum Gasteiger partial charge on any atom is 0.319 e. The van der Waals surface area contributed by atoms with Crippen LogP contribution in [0.1, 0.15) is 0 Å². The molecule has 0 atom stereocenters. The Morgan fingerprint density at radius 2 is 1.71 bits per heavy atom. The summed E-state index contributed by atoms with van der Waals surface area (Å²) in [6.07, 6.45) is 3.32. The van der Waals surface area contributed by atoms with Crippen molar-refractivity contribution >= 4 is 11.8 Å². The van der Waals surface area contributed by atoms with Gasteiger partial charge in [0, 0.05) is 45.8 Å². The first-order chi connectivity index (χ1) is 13.6. The number of amides is 2. The van der Waals surface area contributed by atoms with E-state index < -0.39 is 0 Å². The number of benzene rings is 1. The monoisotopic (exact) mass is 379 g/mol. The average molecular weight is 379 g/mol. The van der Waals surface area contributed by atoms with Crippen LogP contribution in [-0.2, 0) is 0 Å². The van der Waals surface area contributed by atoms with Gasteiger partial charge in [-0.3, -0.25) is 4.98 Å². The molecule has 9 heteroatoms. The van der Waals surface area contributed by atoms with Crippen molar-refractivity contribution in [3.05, 3.63) is 42.7 Å². The molecule has 3 aromatic rings. The highest BCUT2D eigenvalue weighted by atomic mass is 16.4. The van der Waals surface area contributed by atoms with Crippen LogP contribution in [0.25, 0.3) is 23.0 Å². The third-order valence-electron chi connectivity index (χ3n) is 4.54. The number of hydrogen-bond acceptors (Lipinski definition) is 7. The van der Waals surface area contributed by atoms with Gasteiger partial charge in [-0.15, -0.1) is 10.2 Å². The highest BCUT2D eigenvalue weighted by Gasteiger charge is 2.23. The predicted molar refractivity (Wildman–Crippen MR) is 104 cm³/mol. The van der Waals surface area contributed by atoms with E-state index in [0.717, 1.165) is 11.4 Å². The lowest BCUT2D eigenvalue weighted by Crippen LogP contribution is -2.51. The van der Waals surface area contributed by atoms with Crippen molar-refractivity contribution in [1.29, 1.82) is 0 Å². The zero-order chi connectivity index (χ0) is 19.5. The first kappa shape index (κ1) is 17.9. The van der Waals surface area contributed by atoms with Crippen molar-refractivity contribution in [3.8, 4) is 23.0 Å². The molecule has 4 rings (SSSR count). The molecule has 0 bridgehead atoms. The van der Waals surface area contributed by atoms with Crippen LogP contribution in [-0.4, -0.2) is 76.3 Å². The van der Waals surface area contributed by atoms with Crippen LogP contribution in [0.15, 0.2) is 47.1 Å². The van der Waals surface area contributed by atoms with Crippen LogP contribution in [0.2, 0.25) is 0 Å². The van der Waals surface area contributed by atoms with Gasteiger partial charge in [-0.2, -0.15) is 0 Å². The van der Waals surface area contributed by atoms with E-state index in [0.29, 0.717) is 43.7 Å². The average Bonchev–Trinajstić information content (AvgIpc) is 3.24. The maximum absolute atomic E-state index is 12.1. The van der Waals surface area contributed by atoms with Crippen molar-refractivity contribution in [2.24, 2.45) is 0 Å². The smallest absolute Gasteiger partial charge is 0.319 e. The normalized spacial score (nSPS) is 14.2. The molecular weight excluding hydrogens is 358 g/mol. The number of carbonyl (C=O) groups is 1. The Morgan fingerprint density at radius 3 is 2.43 bits per heavy atom. The summed E-state index contributed by atoms with van der Waals surface area (Å²) in [5, 5.41) is 8.21. The minimum Gasteiger partial charge on any atom is -0.415 e. The number of anilines is 1. The summed E-state index contributed by atoms with van der Waals surface area (Å²) in [4.78, 5) is 26.5. The van der Waals surface area contributed by atoms with Gasteiger partial charge in [0.15, 0.2) is 0 Å². The van der Waals surface area contributed by atoms with Crippen molar-refractivity contribution in [2.75, 3.05) is 45.2 Å². The summed E-state index contributed by atoms with van der Waals surface area (Å²) in [6, 6.07) is 9.61.